The van der Waals surface area contributed by atoms with E-state index in [0.717, 1.165) is 19.3 Å². The van der Waals surface area contributed by atoms with Crippen LogP contribution in [-0.4, -0.2) is 25.0 Å². The molecule has 1 aliphatic rings. The number of nitrogens with two attached hydrogens (primary N) is 1. The molecular weight excluding hydrogens is 130 g/mol. The molecular formula is C7H13NO2. The maximum absolute atomic E-state index is 11.1. The standard InChI is InChI=1S/C7H13NO2/c1-10-6-4-2-3-5(8)7(6)9/h5-6H,2-4,8H2,1H3. The van der Waals surface area contributed by atoms with E-state index >= 15 is 0 Å². The third-order valence-electron chi connectivity index (χ3n) is 1.95. The Morgan fingerprint density at radius 3 is 2.80 bits per heavy atom. The molecule has 0 radical (unpaired) electrons. The lowest BCUT2D eigenvalue weighted by molar-refractivity contribution is -0.132. The lowest BCUT2D eigenvalue weighted by Crippen LogP contribution is -2.42. The van der Waals surface area contributed by atoms with E-state index in [1.165, 1.54) is 0 Å². The Labute approximate surface area is 60.5 Å². The van der Waals surface area contributed by atoms with Crippen molar-refractivity contribution in [3.05, 3.63) is 0 Å². The number of Topliss-reactive ketones (excluding diaryl/α,β-unsaturated/α-hetero) is 1. The van der Waals surface area contributed by atoms with E-state index in [1.807, 2.05) is 0 Å². The molecule has 0 spiro atoms. The maximum Gasteiger partial charge on any atom is 0.178 e. The fourth-order valence-corrected chi connectivity index (χ4v) is 1.28. The number of carbonyl (C=O) groups is 1. The molecule has 0 saturated heterocycles. The van der Waals surface area contributed by atoms with E-state index in [9.17, 15) is 4.79 Å². The van der Waals surface area contributed by atoms with Crippen molar-refractivity contribution in [2.75, 3.05) is 7.11 Å². The van der Waals surface area contributed by atoms with E-state index in [0.29, 0.717) is 0 Å². The first-order valence-corrected chi connectivity index (χ1v) is 3.58. The van der Waals surface area contributed by atoms with Gasteiger partial charge in [-0.2, -0.15) is 0 Å². The van der Waals surface area contributed by atoms with Crippen LogP contribution in [0.25, 0.3) is 0 Å². The summed E-state index contributed by atoms with van der Waals surface area (Å²) < 4.78 is 4.94. The minimum absolute atomic E-state index is 0.0637. The third-order valence-corrected chi connectivity index (χ3v) is 1.95. The lowest BCUT2D eigenvalue weighted by atomic mass is 9.92. The van der Waals surface area contributed by atoms with Gasteiger partial charge < -0.3 is 10.5 Å². The van der Waals surface area contributed by atoms with E-state index in [-0.39, 0.29) is 17.9 Å². The molecule has 1 saturated carbocycles. The van der Waals surface area contributed by atoms with Gasteiger partial charge in [-0.1, -0.05) is 0 Å². The van der Waals surface area contributed by atoms with Gasteiger partial charge in [0.2, 0.25) is 0 Å². The summed E-state index contributed by atoms with van der Waals surface area (Å²) in [6.45, 7) is 0. The first kappa shape index (κ1) is 7.69. The van der Waals surface area contributed by atoms with Crippen molar-refractivity contribution in [1.82, 2.24) is 0 Å². The Bertz CT molecular complexity index is 136. The highest BCUT2D eigenvalue weighted by Crippen LogP contribution is 2.15. The molecule has 0 aliphatic heterocycles. The van der Waals surface area contributed by atoms with Crippen molar-refractivity contribution in [2.45, 2.75) is 31.4 Å². The van der Waals surface area contributed by atoms with Gasteiger partial charge in [0, 0.05) is 7.11 Å². The van der Waals surface area contributed by atoms with Crippen molar-refractivity contribution in [1.29, 1.82) is 0 Å². The summed E-state index contributed by atoms with van der Waals surface area (Å²) in [6.07, 6.45) is 2.43. The van der Waals surface area contributed by atoms with E-state index in [4.69, 9.17) is 10.5 Å². The zero-order valence-corrected chi connectivity index (χ0v) is 6.17. The molecule has 2 N–H and O–H groups in total. The van der Waals surface area contributed by atoms with E-state index < -0.39 is 0 Å². The average Bonchev–Trinajstić information content (AvgIpc) is 1.95. The lowest BCUT2D eigenvalue weighted by Gasteiger charge is -2.23. The Hall–Kier alpha value is -0.410. The summed E-state index contributed by atoms with van der Waals surface area (Å²) in [5.74, 6) is 0.0637. The van der Waals surface area contributed by atoms with Crippen LogP contribution in [0.4, 0.5) is 0 Å². The molecule has 0 bridgehead atoms. The van der Waals surface area contributed by atoms with Crippen LogP contribution >= 0.6 is 0 Å². The van der Waals surface area contributed by atoms with Gasteiger partial charge in [0.15, 0.2) is 5.78 Å². The van der Waals surface area contributed by atoms with Crippen LogP contribution in [0, 0.1) is 0 Å². The minimum atomic E-state index is -0.279. The van der Waals surface area contributed by atoms with Crippen LogP contribution in [0.15, 0.2) is 0 Å². The Balaban J connectivity index is 2.51. The quantitative estimate of drug-likeness (QED) is 0.565. The molecule has 10 heavy (non-hydrogen) atoms. The summed E-state index contributed by atoms with van der Waals surface area (Å²) in [6, 6.07) is -0.279. The fourth-order valence-electron chi connectivity index (χ4n) is 1.28. The molecule has 2 atom stereocenters. The molecule has 2 unspecified atom stereocenters. The van der Waals surface area contributed by atoms with Crippen molar-refractivity contribution in [3.8, 4) is 0 Å². The van der Waals surface area contributed by atoms with Gasteiger partial charge >= 0.3 is 0 Å². The zero-order chi connectivity index (χ0) is 7.56. The largest absolute Gasteiger partial charge is 0.374 e. The van der Waals surface area contributed by atoms with Crippen molar-refractivity contribution < 1.29 is 9.53 Å². The Morgan fingerprint density at radius 1 is 1.60 bits per heavy atom. The Morgan fingerprint density at radius 2 is 2.30 bits per heavy atom. The highest BCUT2D eigenvalue weighted by atomic mass is 16.5. The molecule has 1 rings (SSSR count). The van der Waals surface area contributed by atoms with Gasteiger partial charge in [-0.25, -0.2) is 0 Å². The number of hydrogen-bond acceptors (Lipinski definition) is 3. The smallest absolute Gasteiger partial charge is 0.178 e. The molecule has 0 amide bonds. The van der Waals surface area contributed by atoms with Crippen LogP contribution in [-0.2, 0) is 9.53 Å². The molecule has 1 aliphatic carbocycles. The minimum Gasteiger partial charge on any atom is -0.374 e. The first-order chi connectivity index (χ1) is 4.75. The summed E-state index contributed by atoms with van der Waals surface area (Å²) >= 11 is 0. The summed E-state index contributed by atoms with van der Waals surface area (Å²) in [7, 11) is 1.56. The highest BCUT2D eigenvalue weighted by molar-refractivity contribution is 5.88. The Kier molecular flexibility index (Phi) is 2.40. The second-order valence-corrected chi connectivity index (χ2v) is 2.66. The normalized spacial score (nSPS) is 34.4. The molecule has 0 aromatic carbocycles. The number of rotatable bonds is 1. The summed E-state index contributed by atoms with van der Waals surface area (Å²) in [4.78, 5) is 11.1. The number of hydrogen-bond donors (Lipinski definition) is 1. The van der Waals surface area contributed by atoms with Crippen molar-refractivity contribution in [3.63, 3.8) is 0 Å². The molecule has 0 aromatic rings. The molecule has 3 heteroatoms. The number of ketones is 1. The molecule has 1 fully saturated rings. The highest BCUT2D eigenvalue weighted by Gasteiger charge is 2.27. The monoisotopic (exact) mass is 143 g/mol. The van der Waals surface area contributed by atoms with Gasteiger partial charge in [0.25, 0.3) is 0 Å². The van der Waals surface area contributed by atoms with E-state index in [1.54, 1.807) is 7.11 Å². The van der Waals surface area contributed by atoms with Gasteiger partial charge in [-0.15, -0.1) is 0 Å². The second kappa shape index (κ2) is 3.12. The predicted molar refractivity (Wildman–Crippen MR) is 37.6 cm³/mol. The van der Waals surface area contributed by atoms with Gasteiger partial charge in [0.1, 0.15) is 6.10 Å². The molecule has 0 aromatic heterocycles. The SMILES string of the molecule is COC1CCCC(N)C1=O. The third kappa shape index (κ3) is 1.36. The van der Waals surface area contributed by atoms with Gasteiger partial charge in [-0.05, 0) is 19.3 Å². The second-order valence-electron chi connectivity index (χ2n) is 2.66. The number of carbonyl (C=O) groups excluding carboxylic acids is 1. The van der Waals surface area contributed by atoms with E-state index in [2.05, 4.69) is 0 Å². The van der Waals surface area contributed by atoms with Crippen LogP contribution in [0.2, 0.25) is 0 Å². The van der Waals surface area contributed by atoms with Crippen LogP contribution in [0.5, 0.6) is 0 Å². The number of methoxy groups -OCH3 is 1. The van der Waals surface area contributed by atoms with Crippen LogP contribution in [0.3, 0.4) is 0 Å². The summed E-state index contributed by atoms with van der Waals surface area (Å²) in [5.41, 5.74) is 5.51. The predicted octanol–water partition coefficient (Wildman–Crippen LogP) is 0.0817. The maximum atomic E-state index is 11.1. The molecule has 58 valence electrons. The first-order valence-electron chi connectivity index (χ1n) is 3.58. The van der Waals surface area contributed by atoms with Crippen molar-refractivity contribution in [2.24, 2.45) is 5.73 Å². The summed E-state index contributed by atoms with van der Waals surface area (Å²) in [5, 5.41) is 0. The van der Waals surface area contributed by atoms with Crippen LogP contribution in [0.1, 0.15) is 19.3 Å². The zero-order valence-electron chi connectivity index (χ0n) is 6.17. The average molecular weight is 143 g/mol. The van der Waals surface area contributed by atoms with Crippen molar-refractivity contribution >= 4 is 5.78 Å². The van der Waals surface area contributed by atoms with Crippen LogP contribution < -0.4 is 5.73 Å². The van der Waals surface area contributed by atoms with Gasteiger partial charge in [0.05, 0.1) is 6.04 Å². The van der Waals surface area contributed by atoms with Gasteiger partial charge in [-0.3, -0.25) is 4.79 Å². The topological polar surface area (TPSA) is 52.3 Å². The number of ether oxygens (including phenoxy) is 1. The molecule has 0 heterocycles. The fraction of sp³-hybridized carbons (Fsp3) is 0.857. The molecule has 3 nitrogen and oxygen atoms in total.